The minimum atomic E-state index is -0.554. The van der Waals surface area contributed by atoms with E-state index in [2.05, 4.69) is 19.2 Å². The lowest BCUT2D eigenvalue weighted by Gasteiger charge is -2.18. The second kappa shape index (κ2) is 29.1. The lowest BCUT2D eigenvalue weighted by Crippen LogP contribution is -2.38. The summed E-state index contributed by atoms with van der Waals surface area (Å²) in [6, 6.07) is 0. The lowest BCUT2D eigenvalue weighted by atomic mass is 10.0. The molecule has 0 saturated carbocycles. The molecule has 3 N–H and O–H groups in total. The maximum absolute atomic E-state index is 10.0. The van der Waals surface area contributed by atoms with Crippen LogP contribution < -0.4 is 5.32 Å². The Bertz CT molecular complexity index is 363. The minimum absolute atomic E-state index is 0.554. The molecule has 0 bridgehead atoms. The summed E-state index contributed by atoms with van der Waals surface area (Å²) in [6.07, 6.45) is 34.3. The van der Waals surface area contributed by atoms with Gasteiger partial charge < -0.3 is 10.2 Å². The summed E-state index contributed by atoms with van der Waals surface area (Å²) in [6.45, 7) is 4.49. The van der Waals surface area contributed by atoms with Gasteiger partial charge in [-0.15, -0.1) is 0 Å². The van der Waals surface area contributed by atoms with Crippen molar-refractivity contribution in [2.45, 2.75) is 200 Å². The van der Waals surface area contributed by atoms with Crippen molar-refractivity contribution < 1.29 is 10.2 Å². The number of hydrogen-bond donors (Lipinski definition) is 3. The Morgan fingerprint density at radius 2 is 0.559 bits per heavy atom. The molecule has 0 amide bonds. The third-order valence-electron chi connectivity index (χ3n) is 7.30. The maximum atomic E-state index is 10.0. The monoisotopic (exact) mass is 484 g/mol. The fourth-order valence-corrected chi connectivity index (χ4v) is 4.92. The van der Waals surface area contributed by atoms with Crippen molar-refractivity contribution in [1.29, 1.82) is 0 Å². The summed E-state index contributed by atoms with van der Waals surface area (Å²) in [5.74, 6) is 0. The molecule has 0 heterocycles. The van der Waals surface area contributed by atoms with Gasteiger partial charge in [-0.25, -0.2) is 0 Å². The topological polar surface area (TPSA) is 52.5 Å². The van der Waals surface area contributed by atoms with Crippen LogP contribution in [-0.4, -0.2) is 22.7 Å². The van der Waals surface area contributed by atoms with E-state index in [1.807, 2.05) is 0 Å². The molecule has 3 heteroatoms. The first-order chi connectivity index (χ1) is 16.7. The average molecular weight is 484 g/mol. The van der Waals surface area contributed by atoms with Gasteiger partial charge in [-0.2, -0.15) is 0 Å². The zero-order chi connectivity index (χ0) is 25.0. The van der Waals surface area contributed by atoms with Crippen molar-refractivity contribution in [3.8, 4) is 0 Å². The van der Waals surface area contributed by atoms with E-state index in [-0.39, 0.29) is 0 Å². The largest absolute Gasteiger partial charge is 0.379 e. The predicted octanol–water partition coefficient (Wildman–Crippen LogP) is 9.79. The molecule has 2 unspecified atom stereocenters. The number of aliphatic hydroxyl groups excluding tert-OH is 2. The molecule has 3 nitrogen and oxygen atoms in total. The zero-order valence-electron chi connectivity index (χ0n) is 23.6. The van der Waals surface area contributed by atoms with E-state index in [0.29, 0.717) is 0 Å². The molecule has 0 aliphatic rings. The van der Waals surface area contributed by atoms with Crippen molar-refractivity contribution in [3.05, 3.63) is 0 Å². The van der Waals surface area contributed by atoms with Crippen LogP contribution in [0.15, 0.2) is 0 Å². The Kier molecular flexibility index (Phi) is 29.0. The summed E-state index contributed by atoms with van der Waals surface area (Å²) < 4.78 is 0. The van der Waals surface area contributed by atoms with Crippen LogP contribution in [0.1, 0.15) is 187 Å². The fraction of sp³-hybridized carbons (Fsp3) is 1.00. The van der Waals surface area contributed by atoms with Crippen LogP contribution in [0.2, 0.25) is 0 Å². The Hall–Kier alpha value is -0.120. The molecule has 0 spiro atoms. The Balaban J connectivity index is 3.17. The van der Waals surface area contributed by atoms with E-state index in [1.165, 1.54) is 148 Å². The highest BCUT2D eigenvalue weighted by Gasteiger charge is 2.09. The third-order valence-corrected chi connectivity index (χ3v) is 7.30. The normalized spacial score (nSPS) is 13.4. The molecular formula is C31H65NO2. The maximum Gasteiger partial charge on any atom is 0.106 e. The standard InChI is InChI=1S/C31H65NO2/c1-3-5-7-9-10-11-12-13-14-15-16-17-18-19-20-21-22-23-24-25-27-29-31(34)32-30(33)28-26-8-6-4-2/h30-34H,3-29H2,1-2H3. The molecule has 206 valence electrons. The van der Waals surface area contributed by atoms with E-state index in [1.54, 1.807) is 0 Å². The van der Waals surface area contributed by atoms with Crippen LogP contribution in [0, 0.1) is 0 Å². The van der Waals surface area contributed by atoms with Gasteiger partial charge in [0.05, 0.1) is 0 Å². The zero-order valence-corrected chi connectivity index (χ0v) is 23.6. The van der Waals surface area contributed by atoms with Gasteiger partial charge in [0.1, 0.15) is 12.5 Å². The molecule has 34 heavy (non-hydrogen) atoms. The number of unbranched alkanes of at least 4 members (excludes halogenated alkanes) is 23. The highest BCUT2D eigenvalue weighted by Crippen LogP contribution is 2.15. The lowest BCUT2D eigenvalue weighted by molar-refractivity contribution is 0.0310. The Morgan fingerprint density at radius 1 is 0.353 bits per heavy atom. The van der Waals surface area contributed by atoms with Crippen LogP contribution in [0.3, 0.4) is 0 Å². The first-order valence-corrected chi connectivity index (χ1v) is 15.8. The molecule has 0 fully saturated rings. The minimum Gasteiger partial charge on any atom is -0.379 e. The van der Waals surface area contributed by atoms with Gasteiger partial charge in [0, 0.05) is 0 Å². The molecular weight excluding hydrogens is 418 g/mol. The molecule has 0 radical (unpaired) electrons. The van der Waals surface area contributed by atoms with Gasteiger partial charge in [0.2, 0.25) is 0 Å². The Morgan fingerprint density at radius 3 is 0.824 bits per heavy atom. The van der Waals surface area contributed by atoms with Gasteiger partial charge in [0.15, 0.2) is 0 Å². The molecule has 2 atom stereocenters. The van der Waals surface area contributed by atoms with E-state index in [0.717, 1.165) is 25.7 Å². The van der Waals surface area contributed by atoms with E-state index < -0.39 is 12.5 Å². The summed E-state index contributed by atoms with van der Waals surface area (Å²) >= 11 is 0. The summed E-state index contributed by atoms with van der Waals surface area (Å²) in [5.41, 5.74) is 0. The molecule has 0 aliphatic heterocycles. The number of hydrogen-bond acceptors (Lipinski definition) is 3. The highest BCUT2D eigenvalue weighted by molar-refractivity contribution is 4.59. The van der Waals surface area contributed by atoms with Crippen molar-refractivity contribution in [1.82, 2.24) is 5.32 Å². The molecule has 0 saturated heterocycles. The van der Waals surface area contributed by atoms with E-state index in [9.17, 15) is 10.2 Å². The number of aliphatic hydroxyl groups is 2. The van der Waals surface area contributed by atoms with Crippen molar-refractivity contribution in [3.63, 3.8) is 0 Å². The molecule has 0 aromatic carbocycles. The van der Waals surface area contributed by atoms with E-state index >= 15 is 0 Å². The van der Waals surface area contributed by atoms with Gasteiger partial charge in [-0.3, -0.25) is 5.32 Å². The second-order valence-electron chi connectivity index (χ2n) is 10.9. The van der Waals surface area contributed by atoms with Crippen LogP contribution in [0.4, 0.5) is 0 Å². The summed E-state index contributed by atoms with van der Waals surface area (Å²) in [7, 11) is 0. The van der Waals surface area contributed by atoms with Gasteiger partial charge in [-0.05, 0) is 25.7 Å². The first kappa shape index (κ1) is 33.9. The highest BCUT2D eigenvalue weighted by atomic mass is 16.3. The van der Waals surface area contributed by atoms with E-state index in [4.69, 9.17) is 0 Å². The molecule has 0 rings (SSSR count). The second-order valence-corrected chi connectivity index (χ2v) is 10.9. The fourth-order valence-electron chi connectivity index (χ4n) is 4.92. The predicted molar refractivity (Wildman–Crippen MR) is 151 cm³/mol. The van der Waals surface area contributed by atoms with Crippen molar-refractivity contribution in [2.24, 2.45) is 0 Å². The third kappa shape index (κ3) is 28.1. The van der Waals surface area contributed by atoms with Gasteiger partial charge in [0.25, 0.3) is 0 Å². The van der Waals surface area contributed by atoms with Crippen LogP contribution >= 0.6 is 0 Å². The molecule has 0 aromatic heterocycles. The molecule has 0 aromatic rings. The number of rotatable bonds is 29. The Labute approximate surface area is 215 Å². The quantitative estimate of drug-likeness (QED) is 0.0732. The SMILES string of the molecule is CCCCCCCCCCCCCCCCCCCCCCCC(O)NC(O)CCCCCC. The van der Waals surface area contributed by atoms with Crippen LogP contribution in [-0.2, 0) is 0 Å². The van der Waals surface area contributed by atoms with Crippen LogP contribution in [0.5, 0.6) is 0 Å². The van der Waals surface area contributed by atoms with Crippen molar-refractivity contribution >= 4 is 0 Å². The molecule has 0 aliphatic carbocycles. The van der Waals surface area contributed by atoms with Crippen LogP contribution in [0.25, 0.3) is 0 Å². The number of nitrogens with one attached hydrogen (secondary N) is 1. The smallest absolute Gasteiger partial charge is 0.106 e. The average Bonchev–Trinajstić information content (AvgIpc) is 2.82. The van der Waals surface area contributed by atoms with Gasteiger partial charge in [-0.1, -0.05) is 162 Å². The first-order valence-electron chi connectivity index (χ1n) is 15.8. The summed E-state index contributed by atoms with van der Waals surface area (Å²) in [4.78, 5) is 0. The van der Waals surface area contributed by atoms with Gasteiger partial charge >= 0.3 is 0 Å². The summed E-state index contributed by atoms with van der Waals surface area (Å²) in [5, 5.41) is 22.9. The van der Waals surface area contributed by atoms with Crippen molar-refractivity contribution in [2.75, 3.05) is 0 Å².